The molecule has 0 atom stereocenters. The lowest BCUT2D eigenvalue weighted by Gasteiger charge is -2.23. The maximum atomic E-state index is 12.2. The molecule has 0 saturated carbocycles. The average molecular weight is 324 g/mol. The van der Waals surface area contributed by atoms with E-state index in [0.717, 1.165) is 11.3 Å². The van der Waals surface area contributed by atoms with Crippen LogP contribution in [0.4, 0.5) is 11.4 Å². The Kier molecular flexibility index (Phi) is 5.39. The summed E-state index contributed by atoms with van der Waals surface area (Å²) in [5.41, 5.74) is 3.32. The highest BCUT2D eigenvalue weighted by molar-refractivity contribution is 5.98. The van der Waals surface area contributed by atoms with Crippen LogP contribution in [-0.4, -0.2) is 18.2 Å². The first-order valence-corrected chi connectivity index (χ1v) is 8.01. The Morgan fingerprint density at radius 3 is 2.38 bits per heavy atom. The van der Waals surface area contributed by atoms with Crippen LogP contribution in [0.15, 0.2) is 48.5 Å². The number of carbonyl (C=O) groups is 2. The third kappa shape index (κ3) is 4.69. The molecule has 0 fully saturated rings. The Morgan fingerprint density at radius 1 is 1.00 bits per heavy atom. The minimum absolute atomic E-state index is 0.00408. The molecule has 4 nitrogen and oxygen atoms in total. The van der Waals surface area contributed by atoms with Gasteiger partial charge in [-0.2, -0.15) is 0 Å². The lowest BCUT2D eigenvalue weighted by Crippen LogP contribution is -2.23. The lowest BCUT2D eigenvalue weighted by atomic mass is 9.86. The highest BCUT2D eigenvalue weighted by Gasteiger charge is 2.17. The molecule has 0 heterocycles. The lowest BCUT2D eigenvalue weighted by molar-refractivity contribution is -0.114. The van der Waals surface area contributed by atoms with Crippen LogP contribution in [0.5, 0.6) is 0 Å². The van der Waals surface area contributed by atoms with Gasteiger partial charge in [0.2, 0.25) is 5.91 Å². The van der Waals surface area contributed by atoms with Gasteiger partial charge in [0.05, 0.1) is 6.54 Å². The Hall–Kier alpha value is -2.62. The zero-order chi connectivity index (χ0) is 17.7. The smallest absolute Gasteiger partial charge is 0.243 e. The predicted octanol–water partition coefficient (Wildman–Crippen LogP) is 4.24. The van der Waals surface area contributed by atoms with Crippen LogP contribution in [-0.2, 0) is 10.2 Å². The maximum absolute atomic E-state index is 12.2. The molecule has 0 aliphatic heterocycles. The van der Waals surface area contributed by atoms with Gasteiger partial charge in [0, 0.05) is 16.9 Å². The van der Waals surface area contributed by atoms with Crippen LogP contribution in [0.25, 0.3) is 0 Å². The number of anilines is 2. The number of carbonyl (C=O) groups excluding carboxylic acids is 2. The second kappa shape index (κ2) is 7.30. The summed E-state index contributed by atoms with van der Waals surface area (Å²) in [6.07, 6.45) is 0. The van der Waals surface area contributed by atoms with Crippen molar-refractivity contribution >= 4 is 23.1 Å². The van der Waals surface area contributed by atoms with Gasteiger partial charge in [-0.3, -0.25) is 9.59 Å². The van der Waals surface area contributed by atoms with E-state index in [-0.39, 0.29) is 23.7 Å². The molecule has 2 aromatic carbocycles. The van der Waals surface area contributed by atoms with Gasteiger partial charge in [0.15, 0.2) is 5.78 Å². The number of hydrogen-bond acceptors (Lipinski definition) is 3. The maximum Gasteiger partial charge on any atom is 0.243 e. The molecule has 126 valence electrons. The van der Waals surface area contributed by atoms with Crippen molar-refractivity contribution in [1.82, 2.24) is 0 Å². The molecule has 0 aliphatic carbocycles. The quantitative estimate of drug-likeness (QED) is 0.809. The van der Waals surface area contributed by atoms with Crippen molar-refractivity contribution in [3.8, 4) is 0 Å². The topological polar surface area (TPSA) is 58.2 Å². The number of nitrogens with one attached hydrogen (secondary N) is 2. The second-order valence-corrected chi connectivity index (χ2v) is 6.83. The zero-order valence-corrected chi connectivity index (χ0v) is 14.6. The molecule has 2 N–H and O–H groups in total. The van der Waals surface area contributed by atoms with E-state index in [1.165, 1.54) is 6.92 Å². The van der Waals surface area contributed by atoms with Crippen LogP contribution in [0.2, 0.25) is 0 Å². The van der Waals surface area contributed by atoms with Crippen molar-refractivity contribution in [2.75, 3.05) is 17.2 Å². The monoisotopic (exact) mass is 324 g/mol. The van der Waals surface area contributed by atoms with E-state index in [0.29, 0.717) is 11.3 Å². The molecule has 4 heteroatoms. The molecule has 0 radical (unpaired) electrons. The van der Waals surface area contributed by atoms with Gasteiger partial charge >= 0.3 is 0 Å². The fraction of sp³-hybridized carbons (Fsp3) is 0.300. The number of para-hydroxylation sites is 1. The summed E-state index contributed by atoms with van der Waals surface area (Å²) in [6, 6.07) is 14.9. The van der Waals surface area contributed by atoms with Crippen molar-refractivity contribution < 1.29 is 9.59 Å². The van der Waals surface area contributed by atoms with Gasteiger partial charge in [-0.05, 0) is 36.1 Å². The Bertz CT molecular complexity index is 745. The molecule has 2 aromatic rings. The van der Waals surface area contributed by atoms with Crippen LogP contribution < -0.4 is 10.6 Å². The molecule has 0 saturated heterocycles. The van der Waals surface area contributed by atoms with Gasteiger partial charge in [0.25, 0.3) is 0 Å². The third-order valence-electron chi connectivity index (χ3n) is 3.73. The predicted molar refractivity (Wildman–Crippen MR) is 98.7 cm³/mol. The van der Waals surface area contributed by atoms with E-state index in [2.05, 4.69) is 37.5 Å². The van der Waals surface area contributed by atoms with E-state index >= 15 is 0 Å². The molecule has 0 aliphatic rings. The molecule has 0 aromatic heterocycles. The van der Waals surface area contributed by atoms with Crippen molar-refractivity contribution in [3.63, 3.8) is 0 Å². The highest BCUT2D eigenvalue weighted by atomic mass is 16.2. The van der Waals surface area contributed by atoms with Gasteiger partial charge in [-0.1, -0.05) is 51.1 Å². The molecular formula is C20H24N2O2. The van der Waals surface area contributed by atoms with Crippen LogP contribution >= 0.6 is 0 Å². The van der Waals surface area contributed by atoms with Crippen molar-refractivity contribution in [2.45, 2.75) is 33.1 Å². The summed E-state index contributed by atoms with van der Waals surface area (Å²) in [5.74, 6) is -0.178. The fourth-order valence-corrected chi connectivity index (χ4v) is 2.49. The Balaban J connectivity index is 2.02. The highest BCUT2D eigenvalue weighted by Crippen LogP contribution is 2.29. The van der Waals surface area contributed by atoms with Crippen molar-refractivity contribution in [3.05, 3.63) is 59.7 Å². The first-order valence-electron chi connectivity index (χ1n) is 8.01. The van der Waals surface area contributed by atoms with Gasteiger partial charge in [-0.15, -0.1) is 0 Å². The Morgan fingerprint density at radius 2 is 1.71 bits per heavy atom. The molecule has 1 amide bonds. The second-order valence-electron chi connectivity index (χ2n) is 6.83. The summed E-state index contributed by atoms with van der Waals surface area (Å²) in [7, 11) is 0. The molecular weight excluding hydrogens is 300 g/mol. The van der Waals surface area contributed by atoms with Crippen molar-refractivity contribution in [1.29, 1.82) is 0 Å². The molecule has 24 heavy (non-hydrogen) atoms. The van der Waals surface area contributed by atoms with E-state index in [1.54, 1.807) is 24.3 Å². The third-order valence-corrected chi connectivity index (χ3v) is 3.73. The minimum atomic E-state index is -0.153. The van der Waals surface area contributed by atoms with Gasteiger partial charge < -0.3 is 10.6 Å². The van der Waals surface area contributed by atoms with Gasteiger partial charge in [-0.25, -0.2) is 0 Å². The summed E-state index contributed by atoms with van der Waals surface area (Å²) >= 11 is 0. The van der Waals surface area contributed by atoms with Crippen LogP contribution in [0.1, 0.15) is 43.6 Å². The zero-order valence-electron chi connectivity index (χ0n) is 14.6. The summed E-state index contributed by atoms with van der Waals surface area (Å²) in [4.78, 5) is 23.6. The standard InChI is InChI=1S/C20H24N2O2/c1-14(23)15-8-7-9-16(12-15)22-19(24)13-21-18-11-6-5-10-17(18)20(2,3)4/h5-12,21H,13H2,1-4H3,(H,22,24). The van der Waals surface area contributed by atoms with Crippen molar-refractivity contribution in [2.24, 2.45) is 0 Å². The SMILES string of the molecule is CC(=O)c1cccc(NC(=O)CNc2ccccc2C(C)(C)C)c1. The minimum Gasteiger partial charge on any atom is -0.376 e. The molecule has 0 unspecified atom stereocenters. The number of hydrogen-bond donors (Lipinski definition) is 2. The summed E-state index contributed by atoms with van der Waals surface area (Å²) in [5, 5.41) is 6.01. The van der Waals surface area contributed by atoms with Gasteiger partial charge in [0.1, 0.15) is 0 Å². The first-order chi connectivity index (χ1) is 11.3. The average Bonchev–Trinajstić information content (AvgIpc) is 2.52. The van der Waals surface area contributed by atoms with E-state index in [1.807, 2.05) is 18.2 Å². The van der Waals surface area contributed by atoms with Crippen LogP contribution in [0, 0.1) is 0 Å². The fourth-order valence-electron chi connectivity index (χ4n) is 2.49. The summed E-state index contributed by atoms with van der Waals surface area (Å²) in [6.45, 7) is 8.09. The van der Waals surface area contributed by atoms with Crippen LogP contribution in [0.3, 0.4) is 0 Å². The van der Waals surface area contributed by atoms with E-state index < -0.39 is 0 Å². The van der Waals surface area contributed by atoms with E-state index in [4.69, 9.17) is 0 Å². The number of amides is 1. The number of Topliss-reactive ketones (excluding diaryl/α,β-unsaturated/α-hetero) is 1. The number of benzene rings is 2. The van der Waals surface area contributed by atoms with E-state index in [9.17, 15) is 9.59 Å². The normalized spacial score (nSPS) is 11.0. The molecule has 0 bridgehead atoms. The molecule has 0 spiro atoms. The first kappa shape index (κ1) is 17.7. The summed E-state index contributed by atoms with van der Waals surface area (Å²) < 4.78 is 0. The number of ketones is 1. The Labute approximate surface area is 143 Å². The number of rotatable bonds is 5. The molecule has 2 rings (SSSR count). The largest absolute Gasteiger partial charge is 0.376 e.